The Kier molecular flexibility index (Phi) is 13.1. The van der Waals surface area contributed by atoms with Gasteiger partial charge >= 0.3 is 99.7 Å². The molecule has 0 rings (SSSR count). The Bertz CT molecular complexity index is 101. The van der Waals surface area contributed by atoms with E-state index < -0.39 is 0 Å². The molecule has 0 aromatic carbocycles. The number of hydrogen-bond acceptors (Lipinski definition) is 2. The molecule has 3 N–H and O–H groups in total. The minimum absolute atomic E-state index is 0.202. The van der Waals surface area contributed by atoms with E-state index >= 15 is 0 Å². The van der Waals surface area contributed by atoms with E-state index in [2.05, 4.69) is 43.1 Å². The van der Waals surface area contributed by atoms with Gasteiger partial charge in [-0.25, -0.2) is 0 Å². The van der Waals surface area contributed by atoms with Crippen molar-refractivity contribution in [2.24, 2.45) is 0 Å². The predicted octanol–water partition coefficient (Wildman–Crippen LogP) is -4.61. The summed E-state index contributed by atoms with van der Waals surface area (Å²) in [5.74, 6) is 0. The van der Waals surface area contributed by atoms with Gasteiger partial charge in [-0.1, -0.05) is 0 Å². The summed E-state index contributed by atoms with van der Waals surface area (Å²) >= 11 is 2.58. The van der Waals surface area contributed by atoms with Crippen LogP contribution in [0.5, 0.6) is 0 Å². The molecule has 12 heavy (non-hydrogen) atoms. The van der Waals surface area contributed by atoms with Crippen molar-refractivity contribution < 1.29 is 26.5 Å². The Balaban J connectivity index is 2.77. The van der Waals surface area contributed by atoms with Crippen LogP contribution in [0.15, 0.2) is 0 Å². The van der Waals surface area contributed by atoms with Gasteiger partial charge in [0.15, 0.2) is 0 Å². The second kappa shape index (κ2) is 12.0. The zero-order valence-corrected chi connectivity index (χ0v) is 11.5. The average Bonchev–Trinajstić information content (AvgIpc) is 2.10. The third-order valence-electron chi connectivity index (χ3n) is 1.13. The number of rotatable bonds is 9. The topological polar surface area (TPSA) is 38.0 Å². The Hall–Kier alpha value is 1.05. The van der Waals surface area contributed by atoms with E-state index in [0.29, 0.717) is 0 Å². The number of alkyl halides is 2. The van der Waals surface area contributed by atoms with Crippen LogP contribution in [0.3, 0.4) is 0 Å². The van der Waals surface area contributed by atoms with Crippen LogP contribution in [0.25, 0.3) is 0 Å². The molecule has 0 aromatic heterocycles. The zero-order valence-electron chi connectivity index (χ0n) is 7.21. The van der Waals surface area contributed by atoms with E-state index in [1.165, 1.54) is 8.86 Å². The SMILES string of the molecule is C=[NH+]CC[I-]NCCNCCI. The molecule has 0 aromatic rings. The molecule has 0 unspecified atom stereocenters. The fourth-order valence-electron chi connectivity index (χ4n) is 0.575. The van der Waals surface area contributed by atoms with Gasteiger partial charge in [-0.2, -0.15) is 0 Å². The van der Waals surface area contributed by atoms with E-state index in [1.54, 1.807) is 0 Å². The predicted molar refractivity (Wildman–Crippen MR) is 57.6 cm³/mol. The maximum atomic E-state index is 3.57. The van der Waals surface area contributed by atoms with Crippen molar-refractivity contribution in [3.05, 3.63) is 0 Å². The molecule has 0 fully saturated rings. The maximum absolute atomic E-state index is 3.57. The number of hydrogen-bond donors (Lipinski definition) is 3. The average molecular weight is 397 g/mol. The third-order valence-corrected chi connectivity index (χ3v) is 3.82. The zero-order chi connectivity index (χ0) is 9.07. The van der Waals surface area contributed by atoms with Crippen LogP contribution in [0, 0.1) is 0 Å². The van der Waals surface area contributed by atoms with E-state index in [9.17, 15) is 0 Å². The summed E-state index contributed by atoms with van der Waals surface area (Å²) in [5.41, 5.74) is 0. The first-order valence-corrected chi connectivity index (χ1v) is 8.12. The first-order chi connectivity index (χ1) is 5.91. The number of halogens is 2. The van der Waals surface area contributed by atoms with Gasteiger partial charge in [0.1, 0.15) is 0 Å². The molecule has 0 atom stereocenters. The fourth-order valence-corrected chi connectivity index (χ4v) is 2.64. The van der Waals surface area contributed by atoms with Gasteiger partial charge in [-0.05, 0) is 0 Å². The summed E-state index contributed by atoms with van der Waals surface area (Å²) in [6.07, 6.45) is 0. The molecular weight excluding hydrogens is 380 g/mol. The number of nitrogens with one attached hydrogen (secondary N) is 3. The van der Waals surface area contributed by atoms with Crippen LogP contribution in [-0.4, -0.2) is 41.8 Å². The summed E-state index contributed by atoms with van der Waals surface area (Å²) in [7, 11) is 0. The summed E-state index contributed by atoms with van der Waals surface area (Å²) in [6, 6.07) is 0. The van der Waals surface area contributed by atoms with Crippen molar-refractivity contribution >= 4 is 29.3 Å². The van der Waals surface area contributed by atoms with Crippen LogP contribution in [0.1, 0.15) is 0 Å². The van der Waals surface area contributed by atoms with E-state index in [0.717, 1.165) is 26.2 Å². The Morgan fingerprint density at radius 1 is 1.33 bits per heavy atom. The monoisotopic (exact) mass is 397 g/mol. The van der Waals surface area contributed by atoms with E-state index in [-0.39, 0.29) is 21.5 Å². The van der Waals surface area contributed by atoms with Gasteiger partial charge in [0.2, 0.25) is 0 Å². The van der Waals surface area contributed by atoms with E-state index in [1.807, 2.05) is 0 Å². The standard InChI is InChI=1S/C7H16I2N3/c1-10-5-3-9-12-7-6-11-4-2-8/h11-12H,1-7H2/q-1/p+1. The Labute approximate surface area is 98.9 Å². The van der Waals surface area contributed by atoms with Gasteiger partial charge in [-0.15, -0.1) is 0 Å². The van der Waals surface area contributed by atoms with Crippen LogP contribution in [-0.2, 0) is 0 Å². The molecule has 5 heteroatoms. The molecule has 0 spiro atoms. The van der Waals surface area contributed by atoms with Crippen molar-refractivity contribution in [3.63, 3.8) is 0 Å². The quantitative estimate of drug-likeness (QED) is 0.121. The first-order valence-electron chi connectivity index (χ1n) is 3.99. The molecule has 0 aliphatic heterocycles. The molecule has 0 saturated carbocycles. The molecule has 0 radical (unpaired) electrons. The second-order valence-corrected chi connectivity index (χ2v) is 5.83. The van der Waals surface area contributed by atoms with Crippen molar-refractivity contribution in [1.29, 1.82) is 0 Å². The summed E-state index contributed by atoms with van der Waals surface area (Å²) in [5, 5.41) is 3.35. The van der Waals surface area contributed by atoms with E-state index in [4.69, 9.17) is 0 Å². The molecule has 0 bridgehead atoms. The van der Waals surface area contributed by atoms with Gasteiger partial charge < -0.3 is 0 Å². The van der Waals surface area contributed by atoms with Crippen LogP contribution < -0.4 is 35.3 Å². The molecule has 0 aliphatic rings. The molecule has 0 amide bonds. The summed E-state index contributed by atoms with van der Waals surface area (Å²) in [4.78, 5) is 2.90. The van der Waals surface area contributed by atoms with Crippen molar-refractivity contribution in [2.75, 3.05) is 35.0 Å². The molecule has 0 aliphatic carbocycles. The van der Waals surface area contributed by atoms with Crippen molar-refractivity contribution in [2.45, 2.75) is 0 Å². The van der Waals surface area contributed by atoms with Gasteiger partial charge in [0, 0.05) is 0 Å². The van der Waals surface area contributed by atoms with Crippen molar-refractivity contribution in [1.82, 2.24) is 8.85 Å². The normalized spacial score (nSPS) is 10.4. The molecular formula is C7H17I2N3. The summed E-state index contributed by atoms with van der Waals surface area (Å²) < 4.78 is 5.91. The Morgan fingerprint density at radius 3 is 2.83 bits per heavy atom. The minimum atomic E-state index is 0.202. The molecule has 3 nitrogen and oxygen atoms in total. The van der Waals surface area contributed by atoms with Crippen molar-refractivity contribution in [3.8, 4) is 0 Å². The first kappa shape index (κ1) is 13.1. The van der Waals surface area contributed by atoms with Gasteiger partial charge in [0.05, 0.1) is 0 Å². The molecule has 0 heterocycles. The van der Waals surface area contributed by atoms with Gasteiger partial charge in [-0.3, -0.25) is 0 Å². The van der Waals surface area contributed by atoms with Gasteiger partial charge in [0.25, 0.3) is 0 Å². The fraction of sp³-hybridized carbons (Fsp3) is 0.857. The van der Waals surface area contributed by atoms with Crippen LogP contribution in [0.2, 0.25) is 0 Å². The van der Waals surface area contributed by atoms with Crippen LogP contribution in [0.4, 0.5) is 0 Å². The summed E-state index contributed by atoms with van der Waals surface area (Å²) in [6.45, 7) is 7.95. The second-order valence-electron chi connectivity index (χ2n) is 2.15. The van der Waals surface area contributed by atoms with Crippen LogP contribution >= 0.6 is 22.6 Å². The third kappa shape index (κ3) is 11.1. The molecule has 74 valence electrons. The molecule has 0 saturated heterocycles. The Morgan fingerprint density at radius 2 is 2.17 bits per heavy atom.